The molecule has 2 heterocycles. The number of ether oxygens (including phenoxy) is 3. The SMILES string of the molecule is CC1(C)OC2C(CO)OC(NN)C2O1. The first-order valence-corrected chi connectivity index (χ1v) is 4.65. The molecule has 2 aliphatic rings. The minimum Gasteiger partial charge on any atom is -0.394 e. The second-order valence-corrected chi connectivity index (χ2v) is 4.01. The van der Waals surface area contributed by atoms with Crippen molar-refractivity contribution >= 4 is 0 Å². The van der Waals surface area contributed by atoms with E-state index >= 15 is 0 Å². The van der Waals surface area contributed by atoms with Gasteiger partial charge in [0.1, 0.15) is 24.5 Å². The van der Waals surface area contributed by atoms with Gasteiger partial charge in [0.2, 0.25) is 0 Å². The van der Waals surface area contributed by atoms with Gasteiger partial charge in [-0.2, -0.15) is 0 Å². The van der Waals surface area contributed by atoms with Crippen LogP contribution in [-0.2, 0) is 14.2 Å². The van der Waals surface area contributed by atoms with Crippen LogP contribution in [0.2, 0.25) is 0 Å². The molecule has 0 aromatic carbocycles. The molecule has 82 valence electrons. The van der Waals surface area contributed by atoms with Crippen molar-refractivity contribution < 1.29 is 19.3 Å². The topological polar surface area (TPSA) is 86.0 Å². The van der Waals surface area contributed by atoms with Crippen molar-refractivity contribution in [1.29, 1.82) is 0 Å². The monoisotopic (exact) mass is 204 g/mol. The summed E-state index contributed by atoms with van der Waals surface area (Å²) in [6.07, 6.45) is -1.30. The molecule has 2 saturated heterocycles. The van der Waals surface area contributed by atoms with Crippen LogP contribution in [0.15, 0.2) is 0 Å². The lowest BCUT2D eigenvalue weighted by molar-refractivity contribution is -0.193. The van der Waals surface area contributed by atoms with Gasteiger partial charge in [-0.1, -0.05) is 0 Å². The summed E-state index contributed by atoms with van der Waals surface area (Å²) < 4.78 is 16.6. The molecule has 2 rings (SSSR count). The second-order valence-electron chi connectivity index (χ2n) is 4.01. The van der Waals surface area contributed by atoms with E-state index in [4.69, 9.17) is 25.2 Å². The maximum absolute atomic E-state index is 9.07. The summed E-state index contributed by atoms with van der Waals surface area (Å²) in [6, 6.07) is 0. The normalized spacial score (nSPS) is 45.4. The van der Waals surface area contributed by atoms with E-state index in [-0.39, 0.29) is 24.9 Å². The zero-order chi connectivity index (χ0) is 10.3. The summed E-state index contributed by atoms with van der Waals surface area (Å²) in [5.41, 5.74) is 2.50. The first kappa shape index (κ1) is 10.3. The molecule has 14 heavy (non-hydrogen) atoms. The number of hydrogen-bond acceptors (Lipinski definition) is 6. The Morgan fingerprint density at radius 2 is 2.00 bits per heavy atom. The Hall–Kier alpha value is -0.240. The maximum atomic E-state index is 9.07. The summed E-state index contributed by atoms with van der Waals surface area (Å²) in [5, 5.41) is 9.07. The van der Waals surface area contributed by atoms with E-state index in [2.05, 4.69) is 5.43 Å². The lowest BCUT2D eigenvalue weighted by Crippen LogP contribution is -2.44. The third-order valence-electron chi connectivity index (χ3n) is 2.49. The van der Waals surface area contributed by atoms with Gasteiger partial charge in [0, 0.05) is 0 Å². The van der Waals surface area contributed by atoms with Crippen LogP contribution >= 0.6 is 0 Å². The highest BCUT2D eigenvalue weighted by atomic mass is 16.8. The minimum atomic E-state index is -0.637. The molecule has 6 heteroatoms. The first-order chi connectivity index (χ1) is 6.57. The number of aliphatic hydroxyl groups excluding tert-OH is 1. The van der Waals surface area contributed by atoms with Gasteiger partial charge in [0.15, 0.2) is 5.79 Å². The molecule has 2 fully saturated rings. The van der Waals surface area contributed by atoms with E-state index < -0.39 is 12.0 Å². The van der Waals surface area contributed by atoms with E-state index in [0.29, 0.717) is 0 Å². The Morgan fingerprint density at radius 3 is 2.57 bits per heavy atom. The van der Waals surface area contributed by atoms with E-state index in [9.17, 15) is 0 Å². The summed E-state index contributed by atoms with van der Waals surface area (Å²) in [5.74, 6) is 4.67. The molecule has 0 saturated carbocycles. The van der Waals surface area contributed by atoms with Crippen molar-refractivity contribution in [2.75, 3.05) is 6.61 Å². The molecule has 0 amide bonds. The highest BCUT2D eigenvalue weighted by Crippen LogP contribution is 2.37. The van der Waals surface area contributed by atoms with Crippen molar-refractivity contribution in [3.8, 4) is 0 Å². The Kier molecular flexibility index (Phi) is 2.50. The van der Waals surface area contributed by atoms with E-state index in [0.717, 1.165) is 0 Å². The van der Waals surface area contributed by atoms with Gasteiger partial charge >= 0.3 is 0 Å². The van der Waals surface area contributed by atoms with E-state index in [1.165, 1.54) is 0 Å². The number of fused-ring (bicyclic) bond motifs is 1. The van der Waals surface area contributed by atoms with Gasteiger partial charge in [-0.15, -0.1) is 0 Å². The lowest BCUT2D eigenvalue weighted by Gasteiger charge is -2.22. The average molecular weight is 204 g/mol. The van der Waals surface area contributed by atoms with Crippen LogP contribution in [0.25, 0.3) is 0 Å². The molecule has 0 aromatic heterocycles. The zero-order valence-corrected chi connectivity index (χ0v) is 8.27. The third-order valence-corrected chi connectivity index (χ3v) is 2.49. The predicted octanol–water partition coefficient (Wildman–Crippen LogP) is -1.31. The molecule has 0 aromatic rings. The zero-order valence-electron chi connectivity index (χ0n) is 8.27. The van der Waals surface area contributed by atoms with Gasteiger partial charge in [0.05, 0.1) is 6.61 Å². The number of nitrogens with two attached hydrogens (primary N) is 1. The Bertz CT molecular complexity index is 203. The van der Waals surface area contributed by atoms with Gasteiger partial charge in [-0.05, 0) is 13.8 Å². The molecule has 4 unspecified atom stereocenters. The molecule has 2 aliphatic heterocycles. The van der Waals surface area contributed by atoms with Crippen LogP contribution in [0.5, 0.6) is 0 Å². The summed E-state index contributed by atoms with van der Waals surface area (Å²) in [7, 11) is 0. The van der Waals surface area contributed by atoms with Crippen LogP contribution in [0.4, 0.5) is 0 Å². The summed E-state index contributed by atoms with van der Waals surface area (Å²) in [4.78, 5) is 0. The number of hydrogen-bond donors (Lipinski definition) is 3. The van der Waals surface area contributed by atoms with E-state index in [1.807, 2.05) is 13.8 Å². The number of hydrazine groups is 1. The fourth-order valence-corrected chi connectivity index (χ4v) is 1.96. The summed E-state index contributed by atoms with van der Waals surface area (Å²) in [6.45, 7) is 3.56. The Labute approximate surface area is 82.3 Å². The Morgan fingerprint density at radius 1 is 1.36 bits per heavy atom. The second kappa shape index (κ2) is 3.41. The van der Waals surface area contributed by atoms with Crippen molar-refractivity contribution in [2.45, 2.75) is 44.2 Å². The fourth-order valence-electron chi connectivity index (χ4n) is 1.96. The fraction of sp³-hybridized carbons (Fsp3) is 1.00. The van der Waals surface area contributed by atoms with Gasteiger partial charge in [-0.25, -0.2) is 5.43 Å². The number of rotatable bonds is 2. The summed E-state index contributed by atoms with van der Waals surface area (Å²) >= 11 is 0. The molecule has 4 atom stereocenters. The molecule has 6 nitrogen and oxygen atoms in total. The lowest BCUT2D eigenvalue weighted by atomic mass is 10.1. The van der Waals surface area contributed by atoms with Gasteiger partial charge in [-0.3, -0.25) is 5.84 Å². The molecule has 4 N–H and O–H groups in total. The molecular formula is C8H16N2O4. The quantitative estimate of drug-likeness (QED) is 0.382. The standard InChI is InChI=1S/C8H16N2O4/c1-8(2)13-5-4(3-11)12-7(10-9)6(5)14-8/h4-7,10-11H,3,9H2,1-2H3. The highest BCUT2D eigenvalue weighted by molar-refractivity contribution is 4.96. The molecule has 0 radical (unpaired) electrons. The van der Waals surface area contributed by atoms with Crippen molar-refractivity contribution in [3.05, 3.63) is 0 Å². The smallest absolute Gasteiger partial charge is 0.164 e. The van der Waals surface area contributed by atoms with Crippen LogP contribution in [0.3, 0.4) is 0 Å². The Balaban J connectivity index is 2.12. The third kappa shape index (κ3) is 1.54. The first-order valence-electron chi connectivity index (χ1n) is 4.65. The largest absolute Gasteiger partial charge is 0.394 e. The van der Waals surface area contributed by atoms with Crippen LogP contribution in [-0.4, -0.2) is 42.0 Å². The molecule has 0 spiro atoms. The molecule has 0 aliphatic carbocycles. The average Bonchev–Trinajstić information content (AvgIpc) is 2.57. The number of aliphatic hydroxyl groups is 1. The van der Waals surface area contributed by atoms with E-state index in [1.54, 1.807) is 0 Å². The van der Waals surface area contributed by atoms with Crippen LogP contribution < -0.4 is 11.3 Å². The molecular weight excluding hydrogens is 188 g/mol. The van der Waals surface area contributed by atoms with Gasteiger partial charge in [0.25, 0.3) is 0 Å². The van der Waals surface area contributed by atoms with Gasteiger partial charge < -0.3 is 19.3 Å². The van der Waals surface area contributed by atoms with Crippen molar-refractivity contribution in [1.82, 2.24) is 5.43 Å². The minimum absolute atomic E-state index is 0.0984. The molecule has 0 bridgehead atoms. The van der Waals surface area contributed by atoms with Crippen molar-refractivity contribution in [2.24, 2.45) is 5.84 Å². The number of nitrogens with one attached hydrogen (secondary N) is 1. The van der Waals surface area contributed by atoms with Crippen molar-refractivity contribution in [3.63, 3.8) is 0 Å². The maximum Gasteiger partial charge on any atom is 0.164 e. The predicted molar refractivity (Wildman–Crippen MR) is 46.9 cm³/mol. The highest BCUT2D eigenvalue weighted by Gasteiger charge is 2.54. The van der Waals surface area contributed by atoms with Crippen LogP contribution in [0, 0.1) is 0 Å². The van der Waals surface area contributed by atoms with Crippen LogP contribution in [0.1, 0.15) is 13.8 Å².